The van der Waals surface area contributed by atoms with Gasteiger partial charge in [-0.1, -0.05) is 13.8 Å². The Balaban J connectivity index is 2.45. The van der Waals surface area contributed by atoms with Crippen molar-refractivity contribution in [3.8, 4) is 0 Å². The highest BCUT2D eigenvalue weighted by atomic mass is 32.2. The molecule has 1 fully saturated rings. The molecule has 7 heteroatoms. The normalized spacial score (nSPS) is 24.6. The number of urea groups is 1. The minimum atomic E-state index is -3.02. The zero-order valence-corrected chi connectivity index (χ0v) is 11.7. The van der Waals surface area contributed by atoms with E-state index in [1.807, 2.05) is 13.8 Å². The van der Waals surface area contributed by atoms with E-state index in [-0.39, 0.29) is 36.1 Å². The molecule has 3 N–H and O–H groups in total. The number of nitrogens with one attached hydrogen (secondary N) is 2. The summed E-state index contributed by atoms with van der Waals surface area (Å²) >= 11 is 0. The Kier molecular flexibility index (Phi) is 5.40. The second-order valence-corrected chi connectivity index (χ2v) is 7.33. The topological polar surface area (TPSA) is 95.5 Å². The van der Waals surface area contributed by atoms with E-state index in [0.717, 1.165) is 0 Å². The zero-order valence-electron chi connectivity index (χ0n) is 10.8. The largest absolute Gasteiger partial charge is 0.394 e. The molecule has 2 atom stereocenters. The lowest BCUT2D eigenvalue weighted by atomic mass is 10.1. The summed E-state index contributed by atoms with van der Waals surface area (Å²) in [7, 11) is -3.02. The van der Waals surface area contributed by atoms with Crippen molar-refractivity contribution in [3.63, 3.8) is 0 Å². The molecule has 1 heterocycles. The van der Waals surface area contributed by atoms with Crippen LogP contribution in [-0.4, -0.2) is 49.8 Å². The Morgan fingerprint density at radius 3 is 2.61 bits per heavy atom. The summed E-state index contributed by atoms with van der Waals surface area (Å²) in [5, 5.41) is 14.4. The molecule has 0 spiro atoms. The van der Waals surface area contributed by atoms with Crippen molar-refractivity contribution >= 4 is 15.9 Å². The SMILES string of the molecule is CC(C)[C@@H](CO)NC(=O)NC1CCCS(=O)(=O)C1. The van der Waals surface area contributed by atoms with Gasteiger partial charge in [-0.25, -0.2) is 13.2 Å². The van der Waals surface area contributed by atoms with Gasteiger partial charge in [0.15, 0.2) is 9.84 Å². The van der Waals surface area contributed by atoms with Crippen molar-refractivity contribution < 1.29 is 18.3 Å². The maximum absolute atomic E-state index is 11.7. The number of aliphatic hydroxyl groups is 1. The van der Waals surface area contributed by atoms with E-state index in [4.69, 9.17) is 5.11 Å². The number of amides is 2. The highest BCUT2D eigenvalue weighted by Gasteiger charge is 2.26. The minimum absolute atomic E-state index is 0.00584. The summed E-state index contributed by atoms with van der Waals surface area (Å²) in [6, 6.07) is -1.05. The molecule has 1 aliphatic rings. The van der Waals surface area contributed by atoms with E-state index in [0.29, 0.717) is 12.8 Å². The van der Waals surface area contributed by atoms with Crippen molar-refractivity contribution in [3.05, 3.63) is 0 Å². The molecular formula is C11H22N2O4S. The molecule has 0 aromatic heterocycles. The van der Waals surface area contributed by atoms with E-state index in [1.165, 1.54) is 0 Å². The van der Waals surface area contributed by atoms with E-state index in [2.05, 4.69) is 10.6 Å². The summed E-state index contributed by atoms with van der Waals surface area (Å²) in [5.41, 5.74) is 0. The van der Waals surface area contributed by atoms with Gasteiger partial charge in [0.2, 0.25) is 0 Å². The van der Waals surface area contributed by atoms with Gasteiger partial charge >= 0.3 is 6.03 Å². The van der Waals surface area contributed by atoms with Gasteiger partial charge in [0, 0.05) is 6.04 Å². The summed E-state index contributed by atoms with van der Waals surface area (Å²) in [6.07, 6.45) is 1.26. The monoisotopic (exact) mass is 278 g/mol. The summed E-state index contributed by atoms with van der Waals surface area (Å²) in [6.45, 7) is 3.66. The number of rotatable bonds is 4. The third-order valence-corrected chi connectivity index (χ3v) is 4.94. The number of hydrogen-bond donors (Lipinski definition) is 3. The highest BCUT2D eigenvalue weighted by Crippen LogP contribution is 2.12. The van der Waals surface area contributed by atoms with E-state index >= 15 is 0 Å². The molecule has 106 valence electrons. The smallest absolute Gasteiger partial charge is 0.315 e. The van der Waals surface area contributed by atoms with Gasteiger partial charge in [-0.2, -0.15) is 0 Å². The quantitative estimate of drug-likeness (QED) is 0.668. The lowest BCUT2D eigenvalue weighted by molar-refractivity contribution is 0.196. The standard InChI is InChI=1S/C11H22N2O4S/c1-8(2)10(6-14)13-11(15)12-9-4-3-5-18(16,17)7-9/h8-10,14H,3-7H2,1-2H3,(H2,12,13,15)/t9?,10-/m1/s1. The Morgan fingerprint density at radius 1 is 1.44 bits per heavy atom. The molecule has 1 saturated heterocycles. The average Bonchev–Trinajstić information content (AvgIpc) is 2.23. The molecule has 0 radical (unpaired) electrons. The molecule has 0 aromatic carbocycles. The van der Waals surface area contributed by atoms with Crippen LogP contribution >= 0.6 is 0 Å². The molecule has 1 aliphatic heterocycles. The second-order valence-electron chi connectivity index (χ2n) is 5.10. The van der Waals surface area contributed by atoms with E-state index in [9.17, 15) is 13.2 Å². The maximum atomic E-state index is 11.7. The zero-order chi connectivity index (χ0) is 13.8. The fourth-order valence-corrected chi connectivity index (χ4v) is 3.59. The summed E-state index contributed by atoms with van der Waals surface area (Å²) in [4.78, 5) is 11.7. The number of hydrogen-bond acceptors (Lipinski definition) is 4. The number of sulfone groups is 1. The Bertz CT molecular complexity index is 381. The van der Waals surface area contributed by atoms with Crippen molar-refractivity contribution in [2.75, 3.05) is 18.1 Å². The fourth-order valence-electron chi connectivity index (χ4n) is 1.96. The van der Waals surface area contributed by atoms with Crippen molar-refractivity contribution in [2.24, 2.45) is 5.92 Å². The first-order valence-corrected chi connectivity index (χ1v) is 8.04. The van der Waals surface area contributed by atoms with Crippen LogP contribution in [-0.2, 0) is 9.84 Å². The van der Waals surface area contributed by atoms with Crippen LogP contribution in [0.25, 0.3) is 0 Å². The van der Waals surface area contributed by atoms with Crippen LogP contribution in [0.3, 0.4) is 0 Å². The molecule has 2 amide bonds. The number of carbonyl (C=O) groups is 1. The first kappa shape index (κ1) is 15.2. The molecule has 0 saturated carbocycles. The van der Waals surface area contributed by atoms with Crippen LogP contribution in [0.4, 0.5) is 4.79 Å². The summed E-state index contributed by atoms with van der Waals surface area (Å²) < 4.78 is 22.8. The molecule has 6 nitrogen and oxygen atoms in total. The van der Waals surface area contributed by atoms with Crippen LogP contribution < -0.4 is 10.6 Å². The van der Waals surface area contributed by atoms with Crippen LogP contribution in [0.1, 0.15) is 26.7 Å². The van der Waals surface area contributed by atoms with Gasteiger partial charge in [-0.15, -0.1) is 0 Å². The van der Waals surface area contributed by atoms with Crippen LogP contribution in [0, 0.1) is 5.92 Å². The first-order valence-electron chi connectivity index (χ1n) is 6.22. The van der Waals surface area contributed by atoms with Gasteiger partial charge in [0.25, 0.3) is 0 Å². The highest BCUT2D eigenvalue weighted by molar-refractivity contribution is 7.91. The lowest BCUT2D eigenvalue weighted by Crippen LogP contribution is -2.51. The van der Waals surface area contributed by atoms with Crippen LogP contribution in [0.2, 0.25) is 0 Å². The molecule has 18 heavy (non-hydrogen) atoms. The summed E-state index contributed by atoms with van der Waals surface area (Å²) in [5.74, 6) is 0.333. The van der Waals surface area contributed by atoms with Crippen LogP contribution in [0.15, 0.2) is 0 Å². The van der Waals surface area contributed by atoms with Crippen LogP contribution in [0.5, 0.6) is 0 Å². The molecular weight excluding hydrogens is 256 g/mol. The number of carbonyl (C=O) groups excluding carboxylic acids is 1. The van der Waals surface area contributed by atoms with Crippen molar-refractivity contribution in [1.29, 1.82) is 0 Å². The molecule has 0 bridgehead atoms. The lowest BCUT2D eigenvalue weighted by Gasteiger charge is -2.25. The van der Waals surface area contributed by atoms with Gasteiger partial charge in [-0.05, 0) is 18.8 Å². The minimum Gasteiger partial charge on any atom is -0.394 e. The van der Waals surface area contributed by atoms with Gasteiger partial charge < -0.3 is 15.7 Å². The second kappa shape index (κ2) is 6.38. The van der Waals surface area contributed by atoms with Gasteiger partial charge in [0.05, 0.1) is 24.2 Å². The van der Waals surface area contributed by atoms with Gasteiger partial charge in [-0.3, -0.25) is 0 Å². The molecule has 1 rings (SSSR count). The van der Waals surface area contributed by atoms with Crippen molar-refractivity contribution in [2.45, 2.75) is 38.8 Å². The Hall–Kier alpha value is -0.820. The average molecular weight is 278 g/mol. The van der Waals surface area contributed by atoms with Crippen molar-refractivity contribution in [1.82, 2.24) is 10.6 Å². The maximum Gasteiger partial charge on any atom is 0.315 e. The van der Waals surface area contributed by atoms with E-state index in [1.54, 1.807) is 0 Å². The molecule has 0 aliphatic carbocycles. The predicted molar refractivity (Wildman–Crippen MR) is 69.1 cm³/mol. The first-order chi connectivity index (χ1) is 8.34. The Morgan fingerprint density at radius 2 is 2.11 bits per heavy atom. The molecule has 1 unspecified atom stereocenters. The molecule has 0 aromatic rings. The third kappa shape index (κ3) is 4.81. The predicted octanol–water partition coefficient (Wildman–Crippen LogP) is -0.120. The third-order valence-electron chi connectivity index (χ3n) is 3.12. The fraction of sp³-hybridized carbons (Fsp3) is 0.909. The number of aliphatic hydroxyl groups excluding tert-OH is 1. The Labute approximate surface area is 108 Å². The van der Waals surface area contributed by atoms with E-state index < -0.39 is 15.9 Å². The van der Waals surface area contributed by atoms with Gasteiger partial charge in [0.1, 0.15) is 0 Å².